The lowest BCUT2D eigenvalue weighted by Gasteiger charge is -2.08. The van der Waals surface area contributed by atoms with Crippen molar-refractivity contribution in [1.29, 1.82) is 0 Å². The van der Waals surface area contributed by atoms with E-state index in [-0.39, 0.29) is 29.3 Å². The van der Waals surface area contributed by atoms with Gasteiger partial charge in [-0.25, -0.2) is 4.79 Å². The number of benzene rings is 2. The van der Waals surface area contributed by atoms with Crippen LogP contribution < -0.4 is 10.6 Å². The summed E-state index contributed by atoms with van der Waals surface area (Å²) in [5.74, 6) is -0.0892. The largest absolute Gasteiger partial charge is 0.337 e. The molecule has 2 aromatic rings. The number of hydrogen-bond acceptors (Lipinski definition) is 4. The summed E-state index contributed by atoms with van der Waals surface area (Å²) in [6.07, 6.45) is 0.140. The molecule has 0 radical (unpaired) electrons. The molecular formula is C17H18N2O5S. The average molecular weight is 362 g/mol. The van der Waals surface area contributed by atoms with Gasteiger partial charge in [0.05, 0.1) is 4.90 Å². The zero-order valence-electron chi connectivity index (χ0n) is 13.5. The molecule has 7 nitrogen and oxygen atoms in total. The van der Waals surface area contributed by atoms with Gasteiger partial charge in [-0.2, -0.15) is 8.42 Å². The molecule has 25 heavy (non-hydrogen) atoms. The van der Waals surface area contributed by atoms with E-state index in [1.807, 2.05) is 19.1 Å². The van der Waals surface area contributed by atoms with E-state index in [0.29, 0.717) is 5.56 Å². The van der Waals surface area contributed by atoms with Crippen LogP contribution in [0.25, 0.3) is 0 Å². The maximum Gasteiger partial charge on any atom is 0.319 e. The summed E-state index contributed by atoms with van der Waals surface area (Å²) < 4.78 is 31.1. The Labute approximate surface area is 145 Å². The minimum absolute atomic E-state index is 0.0892. The van der Waals surface area contributed by atoms with Gasteiger partial charge in [0.1, 0.15) is 0 Å². The minimum Gasteiger partial charge on any atom is -0.337 e. The highest BCUT2D eigenvalue weighted by molar-refractivity contribution is 7.85. The van der Waals surface area contributed by atoms with Gasteiger partial charge in [-0.15, -0.1) is 0 Å². The summed E-state index contributed by atoms with van der Waals surface area (Å²) in [7, 11) is -4.34. The van der Waals surface area contributed by atoms with Crippen LogP contribution in [-0.2, 0) is 10.1 Å². The predicted molar refractivity (Wildman–Crippen MR) is 93.4 cm³/mol. The topological polar surface area (TPSA) is 113 Å². The number of hydrogen-bond donors (Lipinski definition) is 3. The molecule has 2 amide bonds. The van der Waals surface area contributed by atoms with Gasteiger partial charge in [0.25, 0.3) is 10.1 Å². The molecule has 0 aliphatic rings. The molecule has 2 aromatic carbocycles. The number of carbonyl (C=O) groups excluding carboxylic acids is 2. The highest BCUT2D eigenvalue weighted by Crippen LogP contribution is 2.14. The SMILES string of the molecule is Cc1ccc(C(=O)CCNC(=O)Nc2cccc(S(=O)(=O)O)c2)cc1. The number of amides is 2. The van der Waals surface area contributed by atoms with Crippen molar-refractivity contribution < 1.29 is 22.6 Å². The maximum atomic E-state index is 12.0. The number of nitrogens with one attached hydrogen (secondary N) is 2. The molecule has 2 rings (SSSR count). The second-order valence-corrected chi connectivity index (χ2v) is 6.84. The Morgan fingerprint density at radius 1 is 1.08 bits per heavy atom. The molecule has 0 heterocycles. The lowest BCUT2D eigenvalue weighted by molar-refractivity contribution is 0.0983. The predicted octanol–water partition coefficient (Wildman–Crippen LogP) is 2.64. The molecule has 0 unspecified atom stereocenters. The van der Waals surface area contributed by atoms with Crippen molar-refractivity contribution in [1.82, 2.24) is 5.32 Å². The van der Waals surface area contributed by atoms with E-state index in [2.05, 4.69) is 10.6 Å². The molecule has 0 saturated carbocycles. The van der Waals surface area contributed by atoms with Crippen molar-refractivity contribution in [3.63, 3.8) is 0 Å². The highest BCUT2D eigenvalue weighted by Gasteiger charge is 2.11. The Kier molecular flexibility index (Phi) is 5.89. The summed E-state index contributed by atoms with van der Waals surface area (Å²) >= 11 is 0. The van der Waals surface area contributed by atoms with Crippen molar-refractivity contribution in [2.24, 2.45) is 0 Å². The van der Waals surface area contributed by atoms with Gasteiger partial charge in [-0.05, 0) is 25.1 Å². The molecule has 0 atom stereocenters. The quantitative estimate of drug-likeness (QED) is 0.540. The van der Waals surface area contributed by atoms with Gasteiger partial charge in [0.15, 0.2) is 5.78 Å². The van der Waals surface area contributed by atoms with Crippen molar-refractivity contribution in [2.45, 2.75) is 18.2 Å². The molecule has 0 aromatic heterocycles. The van der Waals surface area contributed by atoms with Gasteiger partial charge in [0, 0.05) is 24.2 Å². The van der Waals surface area contributed by atoms with E-state index < -0.39 is 16.1 Å². The van der Waals surface area contributed by atoms with Crippen LogP contribution in [0.4, 0.5) is 10.5 Å². The molecule has 8 heteroatoms. The van der Waals surface area contributed by atoms with Crippen LogP contribution in [-0.4, -0.2) is 31.3 Å². The number of Topliss-reactive ketones (excluding diaryl/α,β-unsaturated/α-hetero) is 1. The number of carbonyl (C=O) groups is 2. The van der Waals surface area contributed by atoms with Gasteiger partial charge >= 0.3 is 6.03 Å². The lowest BCUT2D eigenvalue weighted by Crippen LogP contribution is -2.30. The Bertz CT molecular complexity index is 876. The molecule has 0 bridgehead atoms. The van der Waals surface area contributed by atoms with Crippen LogP contribution in [0.1, 0.15) is 22.3 Å². The number of urea groups is 1. The van der Waals surface area contributed by atoms with E-state index in [1.165, 1.54) is 18.2 Å². The number of anilines is 1. The number of aryl methyl sites for hydroxylation is 1. The van der Waals surface area contributed by atoms with E-state index in [9.17, 15) is 18.0 Å². The van der Waals surface area contributed by atoms with E-state index in [0.717, 1.165) is 11.6 Å². The summed E-state index contributed by atoms with van der Waals surface area (Å²) in [5, 5.41) is 4.96. The molecule has 0 aliphatic heterocycles. The third-order valence-corrected chi connectivity index (χ3v) is 4.25. The van der Waals surface area contributed by atoms with Gasteiger partial charge < -0.3 is 10.6 Å². The van der Waals surface area contributed by atoms with E-state index in [1.54, 1.807) is 12.1 Å². The zero-order chi connectivity index (χ0) is 18.4. The summed E-state index contributed by atoms with van der Waals surface area (Å²) in [6.45, 7) is 2.06. The third-order valence-electron chi connectivity index (χ3n) is 3.40. The second kappa shape index (κ2) is 7.91. The smallest absolute Gasteiger partial charge is 0.319 e. The van der Waals surface area contributed by atoms with Crippen LogP contribution in [0, 0.1) is 6.92 Å². The monoisotopic (exact) mass is 362 g/mol. The molecule has 0 saturated heterocycles. The molecule has 132 valence electrons. The molecule has 0 fully saturated rings. The lowest BCUT2D eigenvalue weighted by atomic mass is 10.1. The van der Waals surface area contributed by atoms with Crippen LogP contribution in [0.3, 0.4) is 0 Å². The van der Waals surface area contributed by atoms with Crippen LogP contribution in [0.5, 0.6) is 0 Å². The molecule has 3 N–H and O–H groups in total. The van der Waals surface area contributed by atoms with Crippen molar-refractivity contribution in [3.05, 3.63) is 59.7 Å². The Morgan fingerprint density at radius 3 is 2.40 bits per heavy atom. The Morgan fingerprint density at radius 2 is 1.76 bits per heavy atom. The van der Waals surface area contributed by atoms with Crippen LogP contribution >= 0.6 is 0 Å². The first-order valence-electron chi connectivity index (χ1n) is 7.48. The van der Waals surface area contributed by atoms with Crippen LogP contribution in [0.2, 0.25) is 0 Å². The third kappa shape index (κ3) is 5.70. The highest BCUT2D eigenvalue weighted by atomic mass is 32.2. The standard InChI is InChI=1S/C17H18N2O5S/c1-12-5-7-13(8-6-12)16(20)9-10-18-17(21)19-14-3-2-4-15(11-14)25(22,23)24/h2-8,11H,9-10H2,1H3,(H2,18,19,21)(H,22,23,24). The summed E-state index contributed by atoms with van der Waals surface area (Å²) in [6, 6.07) is 11.8. The van der Waals surface area contributed by atoms with Gasteiger partial charge in [0.2, 0.25) is 0 Å². The zero-order valence-corrected chi connectivity index (χ0v) is 14.3. The van der Waals surface area contributed by atoms with Gasteiger partial charge in [-0.1, -0.05) is 35.9 Å². The van der Waals surface area contributed by atoms with Crippen molar-refractivity contribution >= 4 is 27.6 Å². The average Bonchev–Trinajstić information content (AvgIpc) is 2.55. The first-order chi connectivity index (χ1) is 11.8. The fourth-order valence-electron chi connectivity index (χ4n) is 2.08. The number of ketones is 1. The van der Waals surface area contributed by atoms with Crippen LogP contribution in [0.15, 0.2) is 53.4 Å². The Balaban J connectivity index is 1.85. The fraction of sp³-hybridized carbons (Fsp3) is 0.176. The summed E-state index contributed by atoms with van der Waals surface area (Å²) in [4.78, 5) is 23.5. The van der Waals surface area contributed by atoms with Crippen molar-refractivity contribution in [2.75, 3.05) is 11.9 Å². The first-order valence-corrected chi connectivity index (χ1v) is 8.92. The van der Waals surface area contributed by atoms with E-state index in [4.69, 9.17) is 4.55 Å². The van der Waals surface area contributed by atoms with Gasteiger partial charge in [-0.3, -0.25) is 9.35 Å². The molecular weight excluding hydrogens is 344 g/mol. The van der Waals surface area contributed by atoms with Crippen molar-refractivity contribution in [3.8, 4) is 0 Å². The maximum absolute atomic E-state index is 12.0. The van der Waals surface area contributed by atoms with E-state index >= 15 is 0 Å². The minimum atomic E-state index is -4.34. The fourth-order valence-corrected chi connectivity index (χ4v) is 2.61. The number of rotatable bonds is 6. The first kappa shape index (κ1) is 18.6. The second-order valence-electron chi connectivity index (χ2n) is 5.42. The summed E-state index contributed by atoms with van der Waals surface area (Å²) in [5.41, 5.74) is 1.84. The molecule has 0 spiro atoms. The molecule has 0 aliphatic carbocycles. The Hall–Kier alpha value is -2.71. The normalized spacial score (nSPS) is 11.0.